The molecule has 1 aliphatic heterocycles. The Hall–Kier alpha value is -1.68. The molecule has 0 aliphatic carbocycles. The molecular weight excluding hydrogens is 298 g/mol. The number of benzene rings is 1. The number of hydrogen-bond acceptors (Lipinski definition) is 4. The molecule has 6 heteroatoms. The first-order chi connectivity index (χ1) is 10.4. The van der Waals surface area contributed by atoms with E-state index in [0.29, 0.717) is 26.2 Å². The van der Waals surface area contributed by atoms with Crippen molar-refractivity contribution in [2.24, 2.45) is 0 Å². The standard InChI is InChI=1S/C16H21N3O2S/c1-14(2)7-8-18-9-11-19(12-10-18)22(20,21)16-6-4-3-5-15(16)13-17/h3-7H,8-12H2,1-2H3. The van der Waals surface area contributed by atoms with Gasteiger partial charge in [0.1, 0.15) is 6.07 Å². The molecule has 5 nitrogen and oxygen atoms in total. The van der Waals surface area contributed by atoms with Crippen LogP contribution in [0.4, 0.5) is 0 Å². The number of nitriles is 1. The predicted octanol–water partition coefficient (Wildman–Crippen LogP) is 1.83. The molecule has 0 saturated carbocycles. The van der Waals surface area contributed by atoms with E-state index in [1.165, 1.54) is 22.0 Å². The van der Waals surface area contributed by atoms with Gasteiger partial charge in [0.15, 0.2) is 0 Å². The van der Waals surface area contributed by atoms with E-state index in [1.54, 1.807) is 12.1 Å². The zero-order valence-corrected chi connectivity index (χ0v) is 13.8. The summed E-state index contributed by atoms with van der Waals surface area (Å²) in [5.41, 5.74) is 1.47. The molecule has 0 unspecified atom stereocenters. The summed E-state index contributed by atoms with van der Waals surface area (Å²) in [7, 11) is -3.59. The molecular formula is C16H21N3O2S. The smallest absolute Gasteiger partial charge is 0.244 e. The van der Waals surface area contributed by atoms with Crippen molar-refractivity contribution in [3.05, 3.63) is 41.5 Å². The van der Waals surface area contributed by atoms with Gasteiger partial charge in [0.2, 0.25) is 10.0 Å². The van der Waals surface area contributed by atoms with Crippen molar-refractivity contribution < 1.29 is 8.42 Å². The fourth-order valence-electron chi connectivity index (χ4n) is 2.39. The summed E-state index contributed by atoms with van der Waals surface area (Å²) in [6.45, 7) is 7.29. The number of sulfonamides is 1. The van der Waals surface area contributed by atoms with Crippen LogP contribution >= 0.6 is 0 Å². The third kappa shape index (κ3) is 3.74. The summed E-state index contributed by atoms with van der Waals surface area (Å²) >= 11 is 0. The van der Waals surface area contributed by atoms with Gasteiger partial charge in [0, 0.05) is 32.7 Å². The van der Waals surface area contributed by atoms with Gasteiger partial charge in [-0.2, -0.15) is 9.57 Å². The van der Waals surface area contributed by atoms with E-state index >= 15 is 0 Å². The van der Waals surface area contributed by atoms with Crippen molar-refractivity contribution in [2.45, 2.75) is 18.7 Å². The largest absolute Gasteiger partial charge is 0.297 e. The highest BCUT2D eigenvalue weighted by molar-refractivity contribution is 7.89. The van der Waals surface area contributed by atoms with E-state index in [-0.39, 0.29) is 10.5 Å². The zero-order chi connectivity index (χ0) is 16.2. The average Bonchev–Trinajstić information content (AvgIpc) is 2.53. The lowest BCUT2D eigenvalue weighted by Crippen LogP contribution is -2.48. The van der Waals surface area contributed by atoms with Gasteiger partial charge in [-0.15, -0.1) is 0 Å². The van der Waals surface area contributed by atoms with Crippen LogP contribution in [0.3, 0.4) is 0 Å². The maximum Gasteiger partial charge on any atom is 0.244 e. The van der Waals surface area contributed by atoms with Gasteiger partial charge in [-0.3, -0.25) is 4.90 Å². The monoisotopic (exact) mass is 319 g/mol. The lowest BCUT2D eigenvalue weighted by Gasteiger charge is -2.33. The molecule has 1 aliphatic rings. The minimum atomic E-state index is -3.59. The maximum atomic E-state index is 12.7. The van der Waals surface area contributed by atoms with Crippen LogP contribution in [0.15, 0.2) is 40.8 Å². The second kappa shape index (κ2) is 7.05. The first kappa shape index (κ1) is 16.7. The van der Waals surface area contributed by atoms with Crippen molar-refractivity contribution in [3.8, 4) is 6.07 Å². The van der Waals surface area contributed by atoms with Crippen molar-refractivity contribution in [1.82, 2.24) is 9.21 Å². The van der Waals surface area contributed by atoms with E-state index in [4.69, 9.17) is 5.26 Å². The number of allylic oxidation sites excluding steroid dienone is 1. The number of nitrogens with zero attached hydrogens (tertiary/aromatic N) is 3. The zero-order valence-electron chi connectivity index (χ0n) is 13.0. The quantitative estimate of drug-likeness (QED) is 0.794. The summed E-state index contributed by atoms with van der Waals surface area (Å²) in [5, 5.41) is 9.10. The Morgan fingerprint density at radius 2 is 1.86 bits per heavy atom. The fourth-order valence-corrected chi connectivity index (χ4v) is 3.95. The van der Waals surface area contributed by atoms with Crippen LogP contribution in [-0.2, 0) is 10.0 Å². The van der Waals surface area contributed by atoms with E-state index in [9.17, 15) is 8.42 Å². The van der Waals surface area contributed by atoms with E-state index in [0.717, 1.165) is 6.54 Å². The highest BCUT2D eigenvalue weighted by Gasteiger charge is 2.29. The highest BCUT2D eigenvalue weighted by Crippen LogP contribution is 2.21. The van der Waals surface area contributed by atoms with Gasteiger partial charge >= 0.3 is 0 Å². The molecule has 2 rings (SSSR count). The fraction of sp³-hybridized carbons (Fsp3) is 0.438. The van der Waals surface area contributed by atoms with Gasteiger partial charge in [0.05, 0.1) is 10.5 Å². The summed E-state index contributed by atoms with van der Waals surface area (Å²) in [6, 6.07) is 8.33. The van der Waals surface area contributed by atoms with Gasteiger partial charge in [0.25, 0.3) is 0 Å². The molecule has 0 N–H and O–H groups in total. The Morgan fingerprint density at radius 1 is 1.23 bits per heavy atom. The van der Waals surface area contributed by atoms with Gasteiger partial charge < -0.3 is 0 Å². The molecule has 0 radical (unpaired) electrons. The molecule has 1 heterocycles. The van der Waals surface area contributed by atoms with Crippen LogP contribution in [0.5, 0.6) is 0 Å². The predicted molar refractivity (Wildman–Crippen MR) is 85.8 cm³/mol. The topological polar surface area (TPSA) is 64.4 Å². The highest BCUT2D eigenvalue weighted by atomic mass is 32.2. The maximum absolute atomic E-state index is 12.7. The molecule has 0 aromatic heterocycles. The van der Waals surface area contributed by atoms with Crippen LogP contribution in [0, 0.1) is 11.3 Å². The minimum absolute atomic E-state index is 0.107. The molecule has 0 atom stereocenters. The second-order valence-electron chi connectivity index (χ2n) is 5.59. The Labute approximate surface area is 132 Å². The summed E-state index contributed by atoms with van der Waals surface area (Å²) in [6.07, 6.45) is 2.15. The van der Waals surface area contributed by atoms with Crippen LogP contribution in [-0.4, -0.2) is 50.3 Å². The lowest BCUT2D eigenvalue weighted by atomic mass is 10.2. The van der Waals surface area contributed by atoms with Crippen molar-refractivity contribution in [3.63, 3.8) is 0 Å². The Bertz CT molecular complexity index is 692. The van der Waals surface area contributed by atoms with E-state index in [1.807, 2.05) is 6.07 Å². The molecule has 1 saturated heterocycles. The van der Waals surface area contributed by atoms with Crippen molar-refractivity contribution in [1.29, 1.82) is 5.26 Å². The molecule has 1 fully saturated rings. The first-order valence-electron chi connectivity index (χ1n) is 7.30. The van der Waals surface area contributed by atoms with Crippen LogP contribution in [0.2, 0.25) is 0 Å². The van der Waals surface area contributed by atoms with Crippen molar-refractivity contribution in [2.75, 3.05) is 32.7 Å². The Balaban J connectivity index is 2.10. The minimum Gasteiger partial charge on any atom is -0.297 e. The second-order valence-corrected chi connectivity index (χ2v) is 7.50. The molecule has 0 spiro atoms. The molecule has 22 heavy (non-hydrogen) atoms. The molecule has 1 aromatic rings. The normalized spacial score (nSPS) is 17.0. The van der Waals surface area contributed by atoms with Gasteiger partial charge in [-0.1, -0.05) is 23.8 Å². The molecule has 0 amide bonds. The molecule has 1 aromatic carbocycles. The third-order valence-corrected chi connectivity index (χ3v) is 5.67. The Morgan fingerprint density at radius 3 is 2.45 bits per heavy atom. The number of rotatable bonds is 4. The summed E-state index contributed by atoms with van der Waals surface area (Å²) in [4.78, 5) is 2.34. The van der Waals surface area contributed by atoms with E-state index < -0.39 is 10.0 Å². The van der Waals surface area contributed by atoms with Crippen molar-refractivity contribution >= 4 is 10.0 Å². The summed E-state index contributed by atoms with van der Waals surface area (Å²) in [5.74, 6) is 0. The third-order valence-electron chi connectivity index (χ3n) is 3.71. The number of hydrogen-bond donors (Lipinski definition) is 0. The van der Waals surface area contributed by atoms with Crippen LogP contribution < -0.4 is 0 Å². The lowest BCUT2D eigenvalue weighted by molar-refractivity contribution is 0.204. The summed E-state index contributed by atoms with van der Waals surface area (Å²) < 4.78 is 26.8. The average molecular weight is 319 g/mol. The SMILES string of the molecule is CC(C)=CCN1CCN(S(=O)(=O)c2ccccc2C#N)CC1. The van der Waals surface area contributed by atoms with E-state index in [2.05, 4.69) is 24.8 Å². The Kier molecular flexibility index (Phi) is 5.35. The van der Waals surface area contributed by atoms with Crippen LogP contribution in [0.1, 0.15) is 19.4 Å². The number of piperazine rings is 1. The first-order valence-corrected chi connectivity index (χ1v) is 8.74. The van der Waals surface area contributed by atoms with Gasteiger partial charge in [-0.05, 0) is 26.0 Å². The molecule has 118 valence electrons. The molecule has 0 bridgehead atoms. The van der Waals surface area contributed by atoms with Gasteiger partial charge in [-0.25, -0.2) is 8.42 Å². The van der Waals surface area contributed by atoms with Crippen LogP contribution in [0.25, 0.3) is 0 Å².